The molecule has 0 aliphatic carbocycles. The van der Waals surface area contributed by atoms with Crippen molar-refractivity contribution in [3.63, 3.8) is 0 Å². The van der Waals surface area contributed by atoms with Crippen LogP contribution in [0.4, 0.5) is 10.2 Å². The van der Waals surface area contributed by atoms with E-state index in [1.165, 1.54) is 17.0 Å². The Morgan fingerprint density at radius 1 is 1.34 bits per heavy atom. The number of ether oxygens (including phenoxy) is 1. The third-order valence-corrected chi connectivity index (χ3v) is 7.92. The first-order valence-electron chi connectivity index (χ1n) is 11.3. The van der Waals surface area contributed by atoms with Crippen LogP contribution in [0.25, 0.3) is 22.1 Å². The van der Waals surface area contributed by atoms with Crippen LogP contribution in [0.15, 0.2) is 40.5 Å². The summed E-state index contributed by atoms with van der Waals surface area (Å²) in [6.45, 7) is 4.34. The zero-order valence-corrected chi connectivity index (χ0v) is 21.3. The van der Waals surface area contributed by atoms with E-state index >= 15 is 0 Å². The maximum atomic E-state index is 14.0. The van der Waals surface area contributed by atoms with Gasteiger partial charge in [-0.05, 0) is 48.9 Å². The van der Waals surface area contributed by atoms with Crippen LogP contribution in [0.3, 0.4) is 0 Å². The minimum Gasteiger partial charge on any atom is -0.478 e. The molecule has 0 unspecified atom stereocenters. The van der Waals surface area contributed by atoms with Gasteiger partial charge < -0.3 is 20.0 Å². The maximum absolute atomic E-state index is 14.0. The number of hydrogen-bond donors (Lipinski definition) is 2. The number of aromatic nitrogens is 1. The average molecular weight is 536 g/mol. The summed E-state index contributed by atoms with van der Waals surface area (Å²) in [7, 11) is 0. The molecule has 3 aromatic heterocycles. The molecule has 1 aliphatic rings. The fourth-order valence-electron chi connectivity index (χ4n) is 4.37. The van der Waals surface area contributed by atoms with Gasteiger partial charge in [0.05, 0.1) is 22.8 Å². The molecule has 6 nitrogen and oxygen atoms in total. The van der Waals surface area contributed by atoms with E-state index in [4.69, 9.17) is 38.1 Å². The maximum Gasteiger partial charge on any atom is 0.205 e. The fourth-order valence-corrected chi connectivity index (χ4v) is 5.97. The van der Waals surface area contributed by atoms with E-state index in [9.17, 15) is 9.50 Å². The molecule has 0 spiro atoms. The summed E-state index contributed by atoms with van der Waals surface area (Å²) in [6, 6.07) is 4.79. The van der Waals surface area contributed by atoms with Crippen LogP contribution in [0.5, 0.6) is 5.75 Å². The second kappa shape index (κ2) is 9.95. The second-order valence-corrected chi connectivity index (χ2v) is 10.5. The van der Waals surface area contributed by atoms with Gasteiger partial charge in [0.15, 0.2) is 11.4 Å². The number of likely N-dealkylation sites (tertiary alicyclic amines) is 1. The number of nitrogens with zero attached hydrogens (tertiary/aromatic N) is 2. The molecule has 10 heteroatoms. The molecular weight excluding hydrogens is 512 g/mol. The third-order valence-electron chi connectivity index (χ3n) is 6.28. The van der Waals surface area contributed by atoms with Crippen molar-refractivity contribution in [3.8, 4) is 16.9 Å². The van der Waals surface area contributed by atoms with E-state index in [1.807, 2.05) is 0 Å². The number of furan rings is 1. The van der Waals surface area contributed by atoms with Gasteiger partial charge >= 0.3 is 0 Å². The highest BCUT2D eigenvalue weighted by Crippen LogP contribution is 2.42. The Bertz CT molecular complexity index is 1370. The summed E-state index contributed by atoms with van der Waals surface area (Å²) < 4.78 is 26.0. The molecule has 4 aromatic rings. The summed E-state index contributed by atoms with van der Waals surface area (Å²) in [5.74, 6) is -0.188. The van der Waals surface area contributed by atoms with Gasteiger partial charge in [-0.3, -0.25) is 4.90 Å². The lowest BCUT2D eigenvalue weighted by Crippen LogP contribution is -2.35. The van der Waals surface area contributed by atoms with E-state index in [2.05, 4.69) is 21.3 Å². The standard InChI is InChI=1S/C25H24Cl2FN3O3S/c1-13(21-19(26)2-3-20(28)22(21)27)34-24-23-17(9-30-25(24)29)18(11-33-23)14-8-16(35-12-14)10-31-6-4-15(32)5-7-31/h2-3,8-9,11-13,15,32H,4-7,10H2,1H3,(H2,29,30)/t13-/m1/s1. The van der Waals surface area contributed by atoms with Crippen molar-refractivity contribution in [2.75, 3.05) is 18.8 Å². The van der Waals surface area contributed by atoms with Crippen LogP contribution in [-0.2, 0) is 6.54 Å². The lowest BCUT2D eigenvalue weighted by Gasteiger charge is -2.28. The van der Waals surface area contributed by atoms with Crippen molar-refractivity contribution < 1.29 is 18.7 Å². The van der Waals surface area contributed by atoms with E-state index in [1.54, 1.807) is 30.7 Å². The van der Waals surface area contributed by atoms with Gasteiger partial charge in [0.1, 0.15) is 11.9 Å². The molecule has 0 amide bonds. The van der Waals surface area contributed by atoms with E-state index in [0.29, 0.717) is 11.1 Å². The average Bonchev–Trinajstić information content (AvgIpc) is 3.47. The number of piperidine rings is 1. The largest absolute Gasteiger partial charge is 0.478 e. The molecule has 0 saturated carbocycles. The highest BCUT2D eigenvalue weighted by atomic mass is 35.5. The van der Waals surface area contributed by atoms with Gasteiger partial charge in [0, 0.05) is 46.9 Å². The van der Waals surface area contributed by atoms with E-state index < -0.39 is 11.9 Å². The lowest BCUT2D eigenvalue weighted by molar-refractivity contribution is 0.0797. The topological polar surface area (TPSA) is 84.8 Å². The number of fused-ring (bicyclic) bond motifs is 1. The Labute approximate surface area is 216 Å². The molecule has 1 fully saturated rings. The zero-order valence-electron chi connectivity index (χ0n) is 18.9. The van der Waals surface area contributed by atoms with E-state index in [0.717, 1.165) is 49.0 Å². The van der Waals surface area contributed by atoms with Crippen LogP contribution in [0.2, 0.25) is 10.0 Å². The van der Waals surface area contributed by atoms with Crippen molar-refractivity contribution in [3.05, 3.63) is 62.3 Å². The first-order valence-corrected chi connectivity index (χ1v) is 12.9. The smallest absolute Gasteiger partial charge is 0.205 e. The summed E-state index contributed by atoms with van der Waals surface area (Å²) in [4.78, 5) is 7.89. The summed E-state index contributed by atoms with van der Waals surface area (Å²) in [5, 5.41) is 12.8. The predicted molar refractivity (Wildman–Crippen MR) is 138 cm³/mol. The fraction of sp³-hybridized carbons (Fsp3) is 0.320. The molecule has 5 rings (SSSR count). The molecule has 184 valence electrons. The lowest BCUT2D eigenvalue weighted by atomic mass is 10.1. The van der Waals surface area contributed by atoms with Gasteiger partial charge in [-0.25, -0.2) is 9.37 Å². The molecule has 1 aromatic carbocycles. The normalized spacial score (nSPS) is 16.1. The molecule has 35 heavy (non-hydrogen) atoms. The number of rotatable bonds is 6. The van der Waals surface area contributed by atoms with Crippen molar-refractivity contribution in [1.29, 1.82) is 0 Å². The molecule has 0 bridgehead atoms. The molecule has 4 heterocycles. The van der Waals surface area contributed by atoms with Crippen molar-refractivity contribution in [2.45, 2.75) is 38.5 Å². The van der Waals surface area contributed by atoms with Gasteiger partial charge in [0.2, 0.25) is 5.75 Å². The molecular formula is C25H24Cl2FN3O3S. The summed E-state index contributed by atoms with van der Waals surface area (Å²) in [5.41, 5.74) is 8.79. The van der Waals surface area contributed by atoms with Gasteiger partial charge in [-0.2, -0.15) is 0 Å². The number of aliphatic hydroxyl groups excluding tert-OH is 1. The number of benzene rings is 1. The highest BCUT2D eigenvalue weighted by Gasteiger charge is 2.24. The first-order chi connectivity index (χ1) is 16.8. The van der Waals surface area contributed by atoms with Gasteiger partial charge in [-0.15, -0.1) is 11.3 Å². The van der Waals surface area contributed by atoms with Crippen LogP contribution >= 0.6 is 34.5 Å². The molecule has 0 radical (unpaired) electrons. The van der Waals surface area contributed by atoms with Crippen LogP contribution in [0, 0.1) is 5.82 Å². The number of hydrogen-bond acceptors (Lipinski definition) is 7. The van der Waals surface area contributed by atoms with Crippen LogP contribution in [0.1, 0.15) is 36.3 Å². The zero-order chi connectivity index (χ0) is 24.7. The number of halogens is 3. The SMILES string of the molecule is C[C@@H](Oc1c(N)ncc2c(-c3csc(CN4CCC(O)CC4)c3)coc12)c1c(Cl)ccc(F)c1Cl. The number of nitrogen functional groups attached to an aromatic ring is 1. The summed E-state index contributed by atoms with van der Waals surface area (Å²) >= 11 is 14.1. The predicted octanol–water partition coefficient (Wildman–Crippen LogP) is 6.68. The Kier molecular flexibility index (Phi) is 6.92. The van der Waals surface area contributed by atoms with Crippen LogP contribution < -0.4 is 10.5 Å². The van der Waals surface area contributed by atoms with Crippen molar-refractivity contribution in [2.24, 2.45) is 0 Å². The van der Waals surface area contributed by atoms with Crippen molar-refractivity contribution in [1.82, 2.24) is 9.88 Å². The molecule has 1 atom stereocenters. The Morgan fingerprint density at radius 2 is 2.11 bits per heavy atom. The highest BCUT2D eigenvalue weighted by molar-refractivity contribution is 7.10. The minimum atomic E-state index is -0.704. The Morgan fingerprint density at radius 3 is 2.89 bits per heavy atom. The van der Waals surface area contributed by atoms with Gasteiger partial charge in [0.25, 0.3) is 0 Å². The van der Waals surface area contributed by atoms with Crippen LogP contribution in [-0.4, -0.2) is 34.2 Å². The number of pyridine rings is 1. The van der Waals surface area contributed by atoms with Crippen molar-refractivity contribution >= 4 is 51.3 Å². The molecule has 1 aliphatic heterocycles. The second-order valence-electron chi connectivity index (χ2n) is 8.69. The third kappa shape index (κ3) is 4.86. The monoisotopic (exact) mass is 535 g/mol. The Hall–Kier alpha value is -2.36. The van der Waals surface area contributed by atoms with Gasteiger partial charge in [-0.1, -0.05) is 23.2 Å². The number of thiophene rings is 1. The number of anilines is 1. The summed E-state index contributed by atoms with van der Waals surface area (Å²) in [6.07, 6.45) is 4.05. The minimum absolute atomic E-state index is 0.0992. The number of aliphatic hydroxyl groups is 1. The molecule has 3 N–H and O–H groups in total. The molecule has 1 saturated heterocycles. The van der Waals surface area contributed by atoms with E-state index in [-0.39, 0.29) is 27.7 Å². The number of nitrogens with two attached hydrogens (primary N) is 1. The Balaban J connectivity index is 1.42. The first kappa shape index (κ1) is 24.3. The quantitative estimate of drug-likeness (QED) is 0.268.